The van der Waals surface area contributed by atoms with Gasteiger partial charge in [0.05, 0.1) is 0 Å². The van der Waals surface area contributed by atoms with Crippen LogP contribution >= 0.6 is 0 Å². The molecule has 0 bridgehead atoms. The van der Waals surface area contributed by atoms with Gasteiger partial charge in [-0.2, -0.15) is 0 Å². The lowest BCUT2D eigenvalue weighted by atomic mass is 9.73. The summed E-state index contributed by atoms with van der Waals surface area (Å²) in [7, 11) is 2.12. The molecule has 1 aliphatic carbocycles. The van der Waals surface area contributed by atoms with E-state index in [0.717, 1.165) is 0 Å². The van der Waals surface area contributed by atoms with Crippen LogP contribution in [0, 0.1) is 5.41 Å². The molecule has 0 unspecified atom stereocenters. The summed E-state index contributed by atoms with van der Waals surface area (Å²) in [5.74, 6) is 0. The highest BCUT2D eigenvalue weighted by Crippen LogP contribution is 2.40. The van der Waals surface area contributed by atoms with Gasteiger partial charge in [0.2, 0.25) is 0 Å². The van der Waals surface area contributed by atoms with Crippen molar-refractivity contribution < 1.29 is 0 Å². The van der Waals surface area contributed by atoms with Crippen LogP contribution in [0.25, 0.3) is 0 Å². The van der Waals surface area contributed by atoms with Gasteiger partial charge in [-0.05, 0) is 58.5 Å². The molecule has 2 nitrogen and oxygen atoms in total. The minimum absolute atomic E-state index is 0.443. The standard InChI is InChI=1S/C15H30N2/c1-14(2)8-7-11-17(14)13-15(12-16-3)9-5-4-6-10-15/h16H,4-13H2,1-3H3. The van der Waals surface area contributed by atoms with Crippen molar-refractivity contribution in [3.8, 4) is 0 Å². The molecule has 1 saturated heterocycles. The van der Waals surface area contributed by atoms with Crippen LogP contribution in [0.5, 0.6) is 0 Å². The third-order valence-electron chi connectivity index (χ3n) is 5.06. The highest BCUT2D eigenvalue weighted by molar-refractivity contribution is 4.94. The summed E-state index contributed by atoms with van der Waals surface area (Å²) in [6, 6.07) is 0. The first-order valence-electron chi connectivity index (χ1n) is 7.48. The molecule has 1 saturated carbocycles. The summed E-state index contributed by atoms with van der Waals surface area (Å²) in [5, 5.41) is 3.45. The van der Waals surface area contributed by atoms with Crippen molar-refractivity contribution in [3.63, 3.8) is 0 Å². The van der Waals surface area contributed by atoms with Crippen LogP contribution in [0.1, 0.15) is 58.8 Å². The lowest BCUT2D eigenvalue weighted by molar-refractivity contribution is 0.0667. The molecule has 17 heavy (non-hydrogen) atoms. The molecule has 1 N–H and O–H groups in total. The fourth-order valence-electron chi connectivity index (χ4n) is 3.93. The molecule has 100 valence electrons. The maximum absolute atomic E-state index is 3.45. The van der Waals surface area contributed by atoms with Crippen LogP contribution in [-0.4, -0.2) is 37.1 Å². The zero-order chi connectivity index (χ0) is 12.4. The van der Waals surface area contributed by atoms with Crippen LogP contribution in [0.2, 0.25) is 0 Å². The van der Waals surface area contributed by atoms with Gasteiger partial charge in [-0.15, -0.1) is 0 Å². The molecular weight excluding hydrogens is 208 g/mol. The van der Waals surface area contributed by atoms with E-state index in [4.69, 9.17) is 0 Å². The van der Waals surface area contributed by atoms with Crippen LogP contribution in [-0.2, 0) is 0 Å². The summed E-state index contributed by atoms with van der Waals surface area (Å²) >= 11 is 0. The van der Waals surface area contributed by atoms with Crippen LogP contribution < -0.4 is 5.32 Å². The molecule has 2 heteroatoms. The van der Waals surface area contributed by atoms with Gasteiger partial charge in [-0.1, -0.05) is 19.3 Å². The molecule has 1 aliphatic heterocycles. The van der Waals surface area contributed by atoms with E-state index in [0.29, 0.717) is 11.0 Å². The highest BCUT2D eigenvalue weighted by atomic mass is 15.2. The normalized spacial score (nSPS) is 28.4. The Labute approximate surface area is 107 Å². The largest absolute Gasteiger partial charge is 0.319 e. The first-order valence-corrected chi connectivity index (χ1v) is 7.48. The van der Waals surface area contributed by atoms with Crippen molar-refractivity contribution in [1.82, 2.24) is 10.2 Å². The van der Waals surface area contributed by atoms with Gasteiger partial charge in [-0.3, -0.25) is 4.90 Å². The Kier molecular flexibility index (Phi) is 4.14. The maximum Gasteiger partial charge on any atom is 0.0153 e. The molecule has 0 atom stereocenters. The average Bonchev–Trinajstić information content (AvgIpc) is 2.60. The summed E-state index contributed by atoms with van der Waals surface area (Å²) in [6.45, 7) is 8.70. The van der Waals surface area contributed by atoms with Crippen molar-refractivity contribution in [1.29, 1.82) is 0 Å². The van der Waals surface area contributed by atoms with Crippen LogP contribution in [0.4, 0.5) is 0 Å². The van der Waals surface area contributed by atoms with E-state index in [1.54, 1.807) is 0 Å². The topological polar surface area (TPSA) is 15.3 Å². The van der Waals surface area contributed by atoms with Crippen molar-refractivity contribution in [2.75, 3.05) is 26.7 Å². The Bertz CT molecular complexity index is 236. The summed E-state index contributed by atoms with van der Waals surface area (Å²) < 4.78 is 0. The van der Waals surface area contributed by atoms with E-state index in [-0.39, 0.29) is 0 Å². The van der Waals surface area contributed by atoms with Crippen molar-refractivity contribution in [2.45, 2.75) is 64.3 Å². The number of nitrogens with one attached hydrogen (secondary N) is 1. The van der Waals surface area contributed by atoms with E-state index in [2.05, 4.69) is 31.1 Å². The lowest BCUT2D eigenvalue weighted by Crippen LogP contribution is -2.49. The van der Waals surface area contributed by atoms with Gasteiger partial charge in [0.1, 0.15) is 0 Å². The van der Waals surface area contributed by atoms with E-state index >= 15 is 0 Å². The van der Waals surface area contributed by atoms with Crippen molar-refractivity contribution in [3.05, 3.63) is 0 Å². The predicted molar refractivity (Wildman–Crippen MR) is 74.3 cm³/mol. The van der Waals surface area contributed by atoms with Gasteiger partial charge in [0.15, 0.2) is 0 Å². The monoisotopic (exact) mass is 238 g/mol. The van der Waals surface area contributed by atoms with Crippen molar-refractivity contribution in [2.24, 2.45) is 5.41 Å². The van der Waals surface area contributed by atoms with Crippen molar-refractivity contribution >= 4 is 0 Å². The second-order valence-electron chi connectivity index (χ2n) is 6.93. The molecule has 0 amide bonds. The van der Waals surface area contributed by atoms with Gasteiger partial charge >= 0.3 is 0 Å². The van der Waals surface area contributed by atoms with E-state index < -0.39 is 0 Å². The van der Waals surface area contributed by atoms with Gasteiger partial charge < -0.3 is 5.32 Å². The second-order valence-corrected chi connectivity index (χ2v) is 6.93. The number of rotatable bonds is 4. The predicted octanol–water partition coefficient (Wildman–Crippen LogP) is 3.03. The molecule has 0 aromatic carbocycles. The first kappa shape index (κ1) is 13.4. The molecule has 0 spiro atoms. The van der Waals surface area contributed by atoms with E-state index in [1.807, 2.05) is 0 Å². The minimum Gasteiger partial charge on any atom is -0.319 e. The van der Waals surface area contributed by atoms with Crippen LogP contribution in [0.3, 0.4) is 0 Å². The van der Waals surface area contributed by atoms with Gasteiger partial charge in [0, 0.05) is 18.6 Å². The number of nitrogens with zero attached hydrogens (tertiary/aromatic N) is 1. The van der Waals surface area contributed by atoms with E-state index in [9.17, 15) is 0 Å². The Balaban J connectivity index is 2.01. The third kappa shape index (κ3) is 3.03. The summed E-state index contributed by atoms with van der Waals surface area (Å²) in [6.07, 6.45) is 9.97. The van der Waals surface area contributed by atoms with Crippen LogP contribution in [0.15, 0.2) is 0 Å². The number of likely N-dealkylation sites (tertiary alicyclic amines) is 1. The average molecular weight is 238 g/mol. The molecule has 2 aliphatic rings. The zero-order valence-electron chi connectivity index (χ0n) is 12.0. The Hall–Kier alpha value is -0.0800. The zero-order valence-corrected chi connectivity index (χ0v) is 12.0. The Morgan fingerprint density at radius 2 is 1.71 bits per heavy atom. The number of hydrogen-bond acceptors (Lipinski definition) is 2. The van der Waals surface area contributed by atoms with Gasteiger partial charge in [-0.25, -0.2) is 0 Å². The minimum atomic E-state index is 0.443. The molecule has 2 fully saturated rings. The molecule has 2 rings (SSSR count). The van der Waals surface area contributed by atoms with Gasteiger partial charge in [0.25, 0.3) is 0 Å². The molecular formula is C15H30N2. The fraction of sp³-hybridized carbons (Fsp3) is 1.00. The highest BCUT2D eigenvalue weighted by Gasteiger charge is 2.39. The third-order valence-corrected chi connectivity index (χ3v) is 5.06. The second kappa shape index (κ2) is 5.27. The Morgan fingerprint density at radius 3 is 2.24 bits per heavy atom. The fourth-order valence-corrected chi connectivity index (χ4v) is 3.93. The number of hydrogen-bond donors (Lipinski definition) is 1. The Morgan fingerprint density at radius 1 is 1.00 bits per heavy atom. The summed E-state index contributed by atoms with van der Waals surface area (Å²) in [5.41, 5.74) is 1.01. The molecule has 0 aromatic heterocycles. The quantitative estimate of drug-likeness (QED) is 0.810. The van der Waals surface area contributed by atoms with E-state index in [1.165, 1.54) is 64.6 Å². The molecule has 0 aromatic rings. The molecule has 0 radical (unpaired) electrons. The lowest BCUT2D eigenvalue weighted by Gasteiger charge is -2.44. The SMILES string of the molecule is CNCC1(CN2CCCC2(C)C)CCCCC1. The smallest absolute Gasteiger partial charge is 0.0153 e. The maximum atomic E-state index is 3.45. The molecule has 1 heterocycles. The summed E-state index contributed by atoms with van der Waals surface area (Å²) in [4.78, 5) is 2.76. The first-order chi connectivity index (χ1) is 8.08.